The Morgan fingerprint density at radius 2 is 1.83 bits per heavy atom. The Bertz CT molecular complexity index is 957. The normalized spacial score (nSPS) is 16.1. The molecule has 3 aromatic rings. The first-order chi connectivity index (χ1) is 11.4. The fraction of sp³-hybridized carbons (Fsp3) is 0.278. The highest BCUT2D eigenvalue weighted by Gasteiger charge is 2.44. The Kier molecular flexibility index (Phi) is 2.98. The van der Waals surface area contributed by atoms with Crippen molar-refractivity contribution in [2.75, 3.05) is 0 Å². The molecule has 6 heteroatoms. The molecule has 0 N–H and O–H groups in total. The van der Waals surface area contributed by atoms with Gasteiger partial charge in [0.25, 0.3) is 0 Å². The third-order valence-corrected chi connectivity index (χ3v) is 4.50. The summed E-state index contributed by atoms with van der Waals surface area (Å²) in [6, 6.07) is 9.95. The van der Waals surface area contributed by atoms with Crippen LogP contribution < -0.4 is 0 Å². The van der Waals surface area contributed by atoms with E-state index in [2.05, 4.69) is 16.0 Å². The van der Waals surface area contributed by atoms with Crippen molar-refractivity contribution in [3.63, 3.8) is 0 Å². The highest BCUT2D eigenvalue weighted by molar-refractivity contribution is 5.62. The largest absolute Gasteiger partial charge is 0.302 e. The first-order valence-electron chi connectivity index (χ1n) is 7.67. The van der Waals surface area contributed by atoms with Gasteiger partial charge in [0.15, 0.2) is 5.82 Å². The molecule has 120 valence electrons. The van der Waals surface area contributed by atoms with Crippen LogP contribution in [0, 0.1) is 11.3 Å². The van der Waals surface area contributed by atoms with Crippen molar-refractivity contribution in [3.8, 4) is 17.3 Å². The Labute approximate surface area is 137 Å². The van der Waals surface area contributed by atoms with Gasteiger partial charge in [0.1, 0.15) is 0 Å². The smallest absolute Gasteiger partial charge is 0.295 e. The van der Waals surface area contributed by atoms with Crippen LogP contribution in [-0.4, -0.2) is 14.4 Å². The van der Waals surface area contributed by atoms with Crippen LogP contribution in [0.25, 0.3) is 16.8 Å². The molecule has 0 amide bonds. The molecule has 1 aliphatic carbocycles. The predicted molar refractivity (Wildman–Crippen MR) is 84.5 cm³/mol. The van der Waals surface area contributed by atoms with Crippen LogP contribution >= 0.6 is 0 Å². The maximum atomic E-state index is 13.6. The van der Waals surface area contributed by atoms with Crippen molar-refractivity contribution in [3.05, 3.63) is 54.2 Å². The van der Waals surface area contributed by atoms with Crippen LogP contribution in [0.15, 0.2) is 42.9 Å². The van der Waals surface area contributed by atoms with Gasteiger partial charge in [-0.3, -0.25) is 9.38 Å². The number of imidazole rings is 1. The number of aromatic nitrogens is 3. The summed E-state index contributed by atoms with van der Waals surface area (Å²) in [7, 11) is 0. The lowest BCUT2D eigenvalue weighted by atomic mass is 9.96. The zero-order valence-electron chi connectivity index (χ0n) is 13.0. The number of rotatable bonds is 3. The number of hydrogen-bond donors (Lipinski definition) is 0. The fourth-order valence-electron chi connectivity index (χ4n) is 2.92. The van der Waals surface area contributed by atoms with E-state index >= 15 is 0 Å². The maximum Gasteiger partial charge on any atom is 0.302 e. The average Bonchev–Trinajstić information content (AvgIpc) is 3.25. The Balaban J connectivity index is 1.75. The van der Waals surface area contributed by atoms with Crippen LogP contribution in [0.2, 0.25) is 0 Å². The number of halogens is 2. The monoisotopic (exact) mass is 324 g/mol. The van der Waals surface area contributed by atoms with Gasteiger partial charge in [-0.15, -0.1) is 0 Å². The van der Waals surface area contributed by atoms with Crippen LogP contribution in [0.1, 0.15) is 31.2 Å². The summed E-state index contributed by atoms with van der Waals surface area (Å²) in [5.74, 6) is -3.33. The van der Waals surface area contributed by atoms with E-state index < -0.39 is 5.92 Å². The molecular formula is C18H14F2N4. The SMILES string of the molecule is CC(F)(F)c1ncc2cnc(-c3ccc(C4(C#N)CC4)cc3)cn12. The second kappa shape index (κ2) is 4.84. The van der Waals surface area contributed by atoms with Crippen LogP contribution in [0.4, 0.5) is 8.78 Å². The van der Waals surface area contributed by atoms with E-state index in [-0.39, 0.29) is 11.2 Å². The molecule has 2 aromatic heterocycles. The fourth-order valence-corrected chi connectivity index (χ4v) is 2.92. The topological polar surface area (TPSA) is 54.0 Å². The second-order valence-electron chi connectivity index (χ2n) is 6.31. The third-order valence-electron chi connectivity index (χ3n) is 4.50. The van der Waals surface area contributed by atoms with Crippen molar-refractivity contribution in [1.82, 2.24) is 14.4 Å². The minimum absolute atomic E-state index is 0.306. The number of nitriles is 1. The second-order valence-corrected chi connectivity index (χ2v) is 6.31. The van der Waals surface area contributed by atoms with Gasteiger partial charge in [0.05, 0.1) is 35.1 Å². The molecule has 2 heterocycles. The molecule has 24 heavy (non-hydrogen) atoms. The number of nitrogens with zero attached hydrogens (tertiary/aromatic N) is 4. The first-order valence-corrected chi connectivity index (χ1v) is 7.67. The molecule has 1 aromatic carbocycles. The maximum absolute atomic E-state index is 13.6. The van der Waals surface area contributed by atoms with E-state index in [0.29, 0.717) is 11.2 Å². The molecule has 1 saturated carbocycles. The van der Waals surface area contributed by atoms with Gasteiger partial charge >= 0.3 is 5.92 Å². The van der Waals surface area contributed by atoms with E-state index in [1.807, 2.05) is 24.3 Å². The van der Waals surface area contributed by atoms with E-state index in [0.717, 1.165) is 30.9 Å². The van der Waals surface area contributed by atoms with Gasteiger partial charge in [-0.1, -0.05) is 24.3 Å². The van der Waals surface area contributed by atoms with Crippen LogP contribution in [-0.2, 0) is 11.3 Å². The van der Waals surface area contributed by atoms with Gasteiger partial charge in [-0.2, -0.15) is 14.0 Å². The molecule has 0 spiro atoms. The van der Waals surface area contributed by atoms with Crippen LogP contribution in [0.3, 0.4) is 0 Å². The summed E-state index contributed by atoms with van der Waals surface area (Å²) >= 11 is 0. The van der Waals surface area contributed by atoms with Gasteiger partial charge in [0.2, 0.25) is 0 Å². The minimum atomic E-state index is -3.03. The van der Waals surface area contributed by atoms with E-state index in [1.54, 1.807) is 6.20 Å². The van der Waals surface area contributed by atoms with Crippen molar-refractivity contribution in [2.24, 2.45) is 0 Å². The Hall–Kier alpha value is -2.81. The van der Waals surface area contributed by atoms with Crippen molar-refractivity contribution in [2.45, 2.75) is 31.1 Å². The average molecular weight is 324 g/mol. The first kappa shape index (κ1) is 14.8. The molecule has 0 radical (unpaired) electrons. The Morgan fingerprint density at radius 3 is 2.42 bits per heavy atom. The molecule has 0 bridgehead atoms. The number of fused-ring (bicyclic) bond motifs is 1. The molecule has 4 rings (SSSR count). The molecule has 1 fully saturated rings. The van der Waals surface area contributed by atoms with E-state index in [9.17, 15) is 14.0 Å². The van der Waals surface area contributed by atoms with Gasteiger partial charge in [-0.25, -0.2) is 4.98 Å². The molecule has 0 saturated heterocycles. The summed E-state index contributed by atoms with van der Waals surface area (Å²) in [6.07, 6.45) is 6.26. The molecule has 0 aliphatic heterocycles. The molecule has 0 unspecified atom stereocenters. The zero-order valence-corrected chi connectivity index (χ0v) is 13.0. The molecule has 0 atom stereocenters. The lowest BCUT2D eigenvalue weighted by Gasteiger charge is -2.10. The third kappa shape index (κ3) is 2.24. The predicted octanol–water partition coefficient (Wildman–Crippen LogP) is 4.06. The standard InChI is InChI=1S/C18H14F2N4/c1-17(19,20)16-23-9-14-8-22-15(10-24(14)16)12-2-4-13(5-3-12)18(11-21)6-7-18/h2-5,8-10H,6-7H2,1H3. The van der Waals surface area contributed by atoms with Crippen molar-refractivity contribution < 1.29 is 8.78 Å². The van der Waals surface area contributed by atoms with E-state index in [4.69, 9.17) is 0 Å². The van der Waals surface area contributed by atoms with Gasteiger partial charge < -0.3 is 0 Å². The number of hydrogen-bond acceptors (Lipinski definition) is 3. The zero-order chi connectivity index (χ0) is 16.9. The summed E-state index contributed by atoms with van der Waals surface area (Å²) in [5.41, 5.74) is 2.58. The lowest BCUT2D eigenvalue weighted by Crippen LogP contribution is -2.12. The molecule has 4 nitrogen and oxygen atoms in total. The van der Waals surface area contributed by atoms with Crippen LogP contribution in [0.5, 0.6) is 0 Å². The number of benzene rings is 1. The minimum Gasteiger partial charge on any atom is -0.295 e. The van der Waals surface area contributed by atoms with Gasteiger partial charge in [-0.05, 0) is 18.4 Å². The van der Waals surface area contributed by atoms with E-state index in [1.165, 1.54) is 16.8 Å². The summed E-state index contributed by atoms with van der Waals surface area (Å²) in [4.78, 5) is 8.13. The highest BCUT2D eigenvalue weighted by atomic mass is 19.3. The summed E-state index contributed by atoms with van der Waals surface area (Å²) in [6.45, 7) is 0.827. The number of alkyl halides is 2. The van der Waals surface area contributed by atoms with Gasteiger partial charge in [0, 0.05) is 18.7 Å². The quantitative estimate of drug-likeness (QED) is 0.730. The summed E-state index contributed by atoms with van der Waals surface area (Å²) < 4.78 is 28.7. The summed E-state index contributed by atoms with van der Waals surface area (Å²) in [5, 5.41) is 9.25. The van der Waals surface area contributed by atoms with Crippen molar-refractivity contribution >= 4 is 5.52 Å². The lowest BCUT2D eigenvalue weighted by molar-refractivity contribution is 0.00720. The Morgan fingerprint density at radius 1 is 1.17 bits per heavy atom. The highest BCUT2D eigenvalue weighted by Crippen LogP contribution is 2.47. The van der Waals surface area contributed by atoms with Crippen molar-refractivity contribution in [1.29, 1.82) is 5.26 Å². The molecule has 1 aliphatic rings. The molecular weight excluding hydrogens is 310 g/mol.